The van der Waals surface area contributed by atoms with Crippen LogP contribution in [0.25, 0.3) is 10.9 Å². The normalized spacial score (nSPS) is 16.8. The SMILES string of the molecule is CC(C)C[C@@H](NC(=O)CNC(=O)[C@H](Cc1ccc(O)cc1)NC(=O)[C@@H](CO)NC(=O)[C@H](Cc1c[nH]c2ccccc12)NC(=O)[C@H](Cc1cnc[nH]1)NC(=O)C1CCC(=O)N1)C(=O)N[C@H](CCCN=C(N)N)C(=O)N1CCC[C@H]1C(=O)NCC(N)=O. The van der Waals surface area contributed by atoms with Crippen LogP contribution in [0, 0.1) is 5.92 Å². The molecule has 2 aromatic carbocycles. The van der Waals surface area contributed by atoms with Crippen LogP contribution in [0.2, 0.25) is 0 Å². The summed E-state index contributed by atoms with van der Waals surface area (Å²) in [6, 6.07) is 2.37. The van der Waals surface area contributed by atoms with Gasteiger partial charge in [0.05, 0.1) is 26.0 Å². The predicted octanol–water partition coefficient (Wildman–Crippen LogP) is -4.39. The first-order valence-corrected chi connectivity index (χ1v) is 27.8. The Morgan fingerprint density at radius 3 is 2.04 bits per heavy atom. The average Bonchev–Trinajstić information content (AvgIpc) is 4.32. The molecule has 0 radical (unpaired) electrons. The minimum Gasteiger partial charge on any atom is -0.508 e. The smallest absolute Gasteiger partial charge is 0.245 e. The Hall–Kier alpha value is -9.61. The van der Waals surface area contributed by atoms with Crippen LogP contribution in [0.4, 0.5) is 0 Å². The van der Waals surface area contributed by atoms with Gasteiger partial charge in [-0.3, -0.25) is 57.7 Å². The number of aromatic hydroxyl groups is 1. The van der Waals surface area contributed by atoms with E-state index in [9.17, 15) is 63.0 Å². The standard InChI is InChI=1S/C55H75N17O13/c1-29(2)19-38(49(80)67-37(9-5-17-60-55(57)58)54(85)72-18-6-10-43(72)53(84)62-25-44(56)75)66-46(77)26-63-47(78)39(20-30-11-13-33(74)14-12-30)68-52(83)42(27-73)71-50(81)40(21-31-23-61-35-8-4-3-7-34(31)35)69-51(82)41(22-32-24-59-28-64-32)70-48(79)36-15-16-45(76)65-36/h3-4,7-8,11-14,23-24,28-29,36-43,61,73-74H,5-6,9-10,15-22,25-27H2,1-2H3,(H2,56,75)(H,59,64)(H,62,84)(H,63,78)(H,65,76)(H,66,77)(H,67,80)(H,68,83)(H,69,82)(H,70,79)(H,71,81)(H4,57,58,60)/t36?,37-,38-,39+,40+,41+,42-,43+/m1/s1. The number of likely N-dealkylation sites (tertiary alicyclic amines) is 1. The third-order valence-corrected chi connectivity index (χ3v) is 14.1. The van der Waals surface area contributed by atoms with Crippen LogP contribution in [0.1, 0.15) is 75.6 Å². The number of hydrogen-bond acceptors (Lipinski definition) is 15. The summed E-state index contributed by atoms with van der Waals surface area (Å²) in [5.74, 6) is -8.86. The summed E-state index contributed by atoms with van der Waals surface area (Å²) in [5.41, 5.74) is 18.3. The number of para-hydroxylation sites is 1. The fourth-order valence-electron chi connectivity index (χ4n) is 9.79. The van der Waals surface area contributed by atoms with Gasteiger partial charge in [0.25, 0.3) is 0 Å². The highest BCUT2D eigenvalue weighted by Crippen LogP contribution is 2.22. The largest absolute Gasteiger partial charge is 0.508 e. The summed E-state index contributed by atoms with van der Waals surface area (Å²) in [7, 11) is 0. The van der Waals surface area contributed by atoms with Crippen LogP contribution in [0.5, 0.6) is 5.75 Å². The maximum Gasteiger partial charge on any atom is 0.245 e. The van der Waals surface area contributed by atoms with E-state index in [0.29, 0.717) is 34.1 Å². The van der Waals surface area contributed by atoms with Crippen molar-refractivity contribution in [3.8, 4) is 5.75 Å². The maximum absolute atomic E-state index is 14.4. The number of carbonyl (C=O) groups is 11. The zero-order chi connectivity index (χ0) is 61.7. The molecule has 2 fully saturated rings. The van der Waals surface area contributed by atoms with Crippen LogP contribution >= 0.6 is 0 Å². The number of rotatable bonds is 31. The number of aliphatic imine (C=N–C) groups is 1. The fourth-order valence-corrected chi connectivity index (χ4v) is 9.79. The quantitative estimate of drug-likeness (QED) is 0.0129. The number of aliphatic hydroxyl groups is 1. The van der Waals surface area contributed by atoms with Gasteiger partial charge in [-0.25, -0.2) is 4.98 Å². The molecule has 2 saturated heterocycles. The average molecular weight is 1180 g/mol. The van der Waals surface area contributed by atoms with Crippen LogP contribution < -0.4 is 65.1 Å². The number of nitrogens with one attached hydrogen (secondary N) is 11. The van der Waals surface area contributed by atoms with Crippen molar-refractivity contribution in [1.82, 2.24) is 67.7 Å². The Kier molecular flexibility index (Phi) is 23.7. The molecular weight excluding hydrogens is 1110 g/mol. The lowest BCUT2D eigenvalue weighted by atomic mass is 10.0. The van der Waals surface area contributed by atoms with Crippen molar-refractivity contribution in [3.63, 3.8) is 0 Å². The van der Waals surface area contributed by atoms with Crippen LogP contribution in [-0.4, -0.2) is 182 Å². The number of phenolic OH excluding ortho intramolecular Hbond substituents is 1. The minimum absolute atomic E-state index is 0.0156. The zero-order valence-corrected chi connectivity index (χ0v) is 47.1. The van der Waals surface area contributed by atoms with Gasteiger partial charge >= 0.3 is 0 Å². The highest BCUT2D eigenvalue weighted by molar-refractivity contribution is 5.99. The van der Waals surface area contributed by atoms with Crippen molar-refractivity contribution < 1.29 is 63.0 Å². The fraction of sp³-hybridized carbons (Fsp3) is 0.473. The van der Waals surface area contributed by atoms with Gasteiger partial charge in [0, 0.05) is 67.8 Å². The number of nitrogens with zero attached hydrogens (tertiary/aromatic N) is 3. The van der Waals surface area contributed by atoms with Gasteiger partial charge in [0.15, 0.2) is 5.96 Å². The number of imidazole rings is 1. The molecule has 85 heavy (non-hydrogen) atoms. The monoisotopic (exact) mass is 1180 g/mol. The topological polar surface area (TPSA) is 475 Å². The summed E-state index contributed by atoms with van der Waals surface area (Å²) < 4.78 is 0. The number of carbonyl (C=O) groups excluding carboxylic acids is 11. The lowest BCUT2D eigenvalue weighted by molar-refractivity contribution is -0.142. The second-order valence-corrected chi connectivity index (χ2v) is 21.2. The lowest BCUT2D eigenvalue weighted by Gasteiger charge is -2.30. The summed E-state index contributed by atoms with van der Waals surface area (Å²) in [5, 5.41) is 44.5. The number of amides is 11. The molecule has 0 saturated carbocycles. The van der Waals surface area contributed by atoms with Crippen molar-refractivity contribution in [2.24, 2.45) is 28.1 Å². The lowest BCUT2D eigenvalue weighted by Crippen LogP contribution is -2.60. The van der Waals surface area contributed by atoms with E-state index in [0.717, 1.165) is 0 Å². The van der Waals surface area contributed by atoms with Crippen molar-refractivity contribution in [2.45, 2.75) is 126 Å². The number of aliphatic hydroxyl groups excluding tert-OH is 1. The molecule has 19 N–H and O–H groups in total. The Bertz CT molecular complexity index is 3060. The number of aromatic amines is 2. The Morgan fingerprint density at radius 2 is 1.39 bits per heavy atom. The number of hydrogen-bond donors (Lipinski definition) is 16. The second kappa shape index (κ2) is 31.2. The van der Waals surface area contributed by atoms with Gasteiger partial charge in [-0.2, -0.15) is 0 Å². The summed E-state index contributed by atoms with van der Waals surface area (Å²) in [4.78, 5) is 164. The van der Waals surface area contributed by atoms with Gasteiger partial charge in [-0.1, -0.05) is 44.2 Å². The molecule has 30 heteroatoms. The molecule has 11 amide bonds. The van der Waals surface area contributed by atoms with E-state index >= 15 is 0 Å². The number of primary amides is 1. The van der Waals surface area contributed by atoms with Crippen molar-refractivity contribution in [3.05, 3.63) is 84.1 Å². The third kappa shape index (κ3) is 19.5. The Labute approximate surface area is 488 Å². The van der Waals surface area contributed by atoms with Crippen LogP contribution in [0.3, 0.4) is 0 Å². The van der Waals surface area contributed by atoms with Crippen molar-refractivity contribution >= 4 is 81.8 Å². The zero-order valence-electron chi connectivity index (χ0n) is 47.1. The Balaban J connectivity index is 1.16. The number of H-pyrrole nitrogens is 2. The molecule has 1 unspecified atom stereocenters. The van der Waals surface area contributed by atoms with Crippen LogP contribution in [-0.2, 0) is 72.0 Å². The molecule has 4 aromatic rings. The van der Waals surface area contributed by atoms with Crippen molar-refractivity contribution in [2.75, 3.05) is 32.8 Å². The minimum atomic E-state index is -1.76. The maximum atomic E-state index is 14.4. The molecule has 458 valence electrons. The van der Waals surface area contributed by atoms with Gasteiger partial charge < -0.3 is 90.1 Å². The predicted molar refractivity (Wildman–Crippen MR) is 305 cm³/mol. The molecule has 4 heterocycles. The van der Waals surface area contributed by atoms with Gasteiger partial charge in [0.2, 0.25) is 65.0 Å². The van der Waals surface area contributed by atoms with E-state index in [1.807, 2.05) is 0 Å². The van der Waals surface area contributed by atoms with E-state index in [2.05, 4.69) is 67.8 Å². The summed E-state index contributed by atoms with van der Waals surface area (Å²) in [6.07, 6.45) is 5.24. The molecule has 30 nitrogen and oxygen atoms in total. The first-order chi connectivity index (χ1) is 40.6. The second-order valence-electron chi connectivity index (χ2n) is 21.2. The van der Waals surface area contributed by atoms with E-state index < -0.39 is 127 Å². The summed E-state index contributed by atoms with van der Waals surface area (Å²) in [6.45, 7) is 1.62. The highest BCUT2D eigenvalue weighted by Gasteiger charge is 2.39. The molecule has 2 aromatic heterocycles. The van der Waals surface area contributed by atoms with E-state index in [-0.39, 0.29) is 94.4 Å². The molecule has 0 spiro atoms. The van der Waals surface area contributed by atoms with E-state index in [1.54, 1.807) is 44.3 Å². The van der Waals surface area contributed by atoms with E-state index in [1.165, 1.54) is 41.7 Å². The molecule has 6 rings (SSSR count). The molecular formula is C55H75N17O13. The molecule has 2 aliphatic rings. The molecule has 0 bridgehead atoms. The number of phenols is 1. The Morgan fingerprint density at radius 1 is 0.729 bits per heavy atom. The van der Waals surface area contributed by atoms with Gasteiger partial charge in [0.1, 0.15) is 54.1 Å². The number of benzene rings is 2. The number of aromatic nitrogens is 3. The first-order valence-electron chi connectivity index (χ1n) is 27.8. The number of fused-ring (bicyclic) bond motifs is 1. The molecule has 0 aliphatic carbocycles. The van der Waals surface area contributed by atoms with Gasteiger partial charge in [-0.15, -0.1) is 0 Å². The number of guanidine groups is 1. The van der Waals surface area contributed by atoms with Crippen molar-refractivity contribution in [1.29, 1.82) is 0 Å². The van der Waals surface area contributed by atoms with Gasteiger partial charge in [-0.05, 0) is 73.8 Å². The highest BCUT2D eigenvalue weighted by atomic mass is 16.3. The third-order valence-electron chi connectivity index (χ3n) is 14.1. The summed E-state index contributed by atoms with van der Waals surface area (Å²) >= 11 is 0. The van der Waals surface area contributed by atoms with Crippen LogP contribution in [0.15, 0.2) is 72.2 Å². The number of nitrogens with two attached hydrogens (primary N) is 3. The first kappa shape index (κ1) is 64.6. The molecule has 8 atom stereocenters. The van der Waals surface area contributed by atoms with E-state index in [4.69, 9.17) is 17.2 Å². The molecule has 2 aliphatic heterocycles.